The number of rotatable bonds is 8. The molecule has 0 radical (unpaired) electrons. The number of halogens is 1. The minimum Gasteiger partial charge on any atom is -0.478 e. The number of ether oxygens (including phenoxy) is 1. The number of aliphatic imine (C=N–C) groups is 1. The average molecular weight is 564 g/mol. The second kappa shape index (κ2) is 12.2. The first kappa shape index (κ1) is 25.3. The maximum Gasteiger partial charge on any atom is 0.220 e. The monoisotopic (exact) mass is 564 g/mol. The molecule has 12 heteroatoms. The molecule has 2 aromatic rings. The van der Waals surface area contributed by atoms with Crippen molar-refractivity contribution in [1.29, 1.82) is 0 Å². The molecule has 10 nitrogen and oxygen atoms in total. The van der Waals surface area contributed by atoms with Gasteiger partial charge in [-0.1, -0.05) is 18.1 Å². The van der Waals surface area contributed by atoms with Crippen molar-refractivity contribution >= 4 is 40.0 Å². The normalized spacial score (nSPS) is 15.4. The van der Waals surface area contributed by atoms with Crippen molar-refractivity contribution in [3.63, 3.8) is 0 Å². The topological polar surface area (TPSA) is 113 Å². The molecule has 0 saturated carbocycles. The molecule has 1 fully saturated rings. The fraction of sp³-hybridized carbons (Fsp3) is 0.526. The third kappa shape index (κ3) is 7.31. The molecule has 0 aliphatic carbocycles. The van der Waals surface area contributed by atoms with E-state index in [0.717, 1.165) is 17.9 Å². The Kier molecular flexibility index (Phi) is 9.96. The molecule has 31 heavy (non-hydrogen) atoms. The highest BCUT2D eigenvalue weighted by molar-refractivity contribution is 14.0. The standard InChI is InChI=1S/C19H28N6O4S.HI/c1-3-11-28-18-5-4-16(13-21-18)14-22-19(20-2)24-7-9-25(10-8-24)30(26,27)15-17-6-12-29-23-17;/h4-6,12-13H,3,7-11,14-15H2,1-2H3,(H,20,22);1H. The van der Waals surface area contributed by atoms with Gasteiger partial charge >= 0.3 is 0 Å². The van der Waals surface area contributed by atoms with Gasteiger partial charge in [0.15, 0.2) is 5.96 Å². The van der Waals surface area contributed by atoms with Gasteiger partial charge in [0, 0.05) is 58.1 Å². The summed E-state index contributed by atoms with van der Waals surface area (Å²) in [7, 11) is -1.71. The molecule has 0 bridgehead atoms. The summed E-state index contributed by atoms with van der Waals surface area (Å²) in [5.74, 6) is 1.20. The predicted octanol–water partition coefficient (Wildman–Crippen LogP) is 1.70. The molecule has 0 amide bonds. The fourth-order valence-electron chi connectivity index (χ4n) is 3.09. The SMILES string of the molecule is CCCOc1ccc(CNC(=NC)N2CCN(S(=O)(=O)Cc3ccon3)CC2)cn1.I. The van der Waals surface area contributed by atoms with Crippen LogP contribution in [-0.2, 0) is 22.3 Å². The van der Waals surface area contributed by atoms with E-state index >= 15 is 0 Å². The number of aromatic nitrogens is 2. The lowest BCUT2D eigenvalue weighted by molar-refractivity contribution is 0.259. The molecule has 3 heterocycles. The van der Waals surface area contributed by atoms with Crippen LogP contribution in [0.25, 0.3) is 0 Å². The number of nitrogens with zero attached hydrogens (tertiary/aromatic N) is 5. The largest absolute Gasteiger partial charge is 0.478 e. The Morgan fingerprint density at radius 2 is 2.03 bits per heavy atom. The highest BCUT2D eigenvalue weighted by atomic mass is 127. The molecular weight excluding hydrogens is 535 g/mol. The molecule has 1 N–H and O–H groups in total. The van der Waals surface area contributed by atoms with E-state index < -0.39 is 10.0 Å². The van der Waals surface area contributed by atoms with E-state index in [1.807, 2.05) is 17.0 Å². The van der Waals surface area contributed by atoms with Crippen molar-refractivity contribution in [3.8, 4) is 5.88 Å². The van der Waals surface area contributed by atoms with Crippen LogP contribution in [0.4, 0.5) is 0 Å². The van der Waals surface area contributed by atoms with Gasteiger partial charge in [0.25, 0.3) is 0 Å². The van der Waals surface area contributed by atoms with Gasteiger partial charge in [-0.3, -0.25) is 4.99 Å². The molecule has 0 atom stereocenters. The average Bonchev–Trinajstić information content (AvgIpc) is 3.26. The maximum atomic E-state index is 12.6. The smallest absolute Gasteiger partial charge is 0.220 e. The van der Waals surface area contributed by atoms with Crippen LogP contribution in [0.2, 0.25) is 0 Å². The van der Waals surface area contributed by atoms with Gasteiger partial charge < -0.3 is 19.5 Å². The minimum absolute atomic E-state index is 0. The lowest BCUT2D eigenvalue weighted by Crippen LogP contribution is -2.53. The Labute approximate surface area is 200 Å². The van der Waals surface area contributed by atoms with E-state index in [-0.39, 0.29) is 29.7 Å². The third-order valence-electron chi connectivity index (χ3n) is 4.67. The van der Waals surface area contributed by atoms with Gasteiger partial charge in [0.2, 0.25) is 15.9 Å². The van der Waals surface area contributed by atoms with Gasteiger partial charge in [-0.05, 0) is 12.0 Å². The van der Waals surface area contributed by atoms with Crippen molar-refractivity contribution in [3.05, 3.63) is 41.9 Å². The highest BCUT2D eigenvalue weighted by Crippen LogP contribution is 2.13. The summed E-state index contributed by atoms with van der Waals surface area (Å²) >= 11 is 0. The van der Waals surface area contributed by atoms with Crippen molar-refractivity contribution in [2.24, 2.45) is 4.99 Å². The van der Waals surface area contributed by atoms with Crippen LogP contribution in [0.5, 0.6) is 5.88 Å². The Morgan fingerprint density at radius 3 is 2.61 bits per heavy atom. The number of pyridine rings is 1. The molecule has 172 valence electrons. The van der Waals surface area contributed by atoms with Gasteiger partial charge in [-0.25, -0.2) is 13.4 Å². The summed E-state index contributed by atoms with van der Waals surface area (Å²) in [6.45, 7) is 5.17. The molecule has 0 spiro atoms. The van der Waals surface area contributed by atoms with Crippen LogP contribution >= 0.6 is 24.0 Å². The van der Waals surface area contributed by atoms with Crippen molar-refractivity contribution in [1.82, 2.24) is 24.7 Å². The lowest BCUT2D eigenvalue weighted by atomic mass is 10.3. The molecule has 0 aromatic carbocycles. The van der Waals surface area contributed by atoms with Crippen molar-refractivity contribution < 1.29 is 17.7 Å². The second-order valence-electron chi connectivity index (χ2n) is 6.89. The second-order valence-corrected chi connectivity index (χ2v) is 8.86. The zero-order valence-electron chi connectivity index (χ0n) is 17.7. The van der Waals surface area contributed by atoms with E-state index in [1.165, 1.54) is 10.6 Å². The first-order valence-electron chi connectivity index (χ1n) is 9.92. The van der Waals surface area contributed by atoms with Gasteiger partial charge in [-0.15, -0.1) is 24.0 Å². The predicted molar refractivity (Wildman–Crippen MR) is 128 cm³/mol. The molecule has 2 aromatic heterocycles. The maximum absolute atomic E-state index is 12.6. The van der Waals surface area contributed by atoms with E-state index in [1.54, 1.807) is 19.3 Å². The van der Waals surface area contributed by atoms with Gasteiger partial charge in [-0.2, -0.15) is 4.31 Å². The zero-order chi connectivity index (χ0) is 21.4. The lowest BCUT2D eigenvalue weighted by Gasteiger charge is -2.35. The molecule has 3 rings (SSSR count). The van der Waals surface area contributed by atoms with E-state index in [9.17, 15) is 8.42 Å². The minimum atomic E-state index is -3.42. The van der Waals surface area contributed by atoms with E-state index in [2.05, 4.69) is 27.4 Å². The summed E-state index contributed by atoms with van der Waals surface area (Å²) in [4.78, 5) is 10.7. The summed E-state index contributed by atoms with van der Waals surface area (Å²) < 4.78 is 36.8. The molecule has 0 unspecified atom stereocenters. The first-order chi connectivity index (χ1) is 14.5. The summed E-state index contributed by atoms with van der Waals surface area (Å²) in [5, 5.41) is 7.01. The number of guanidine groups is 1. The summed E-state index contributed by atoms with van der Waals surface area (Å²) in [6.07, 6.45) is 4.09. The number of piperazine rings is 1. The molecule has 1 saturated heterocycles. The van der Waals surface area contributed by atoms with Crippen LogP contribution in [0, 0.1) is 0 Å². The van der Waals surface area contributed by atoms with Crippen LogP contribution in [0.15, 0.2) is 40.2 Å². The summed E-state index contributed by atoms with van der Waals surface area (Å²) in [5.41, 5.74) is 1.42. The summed E-state index contributed by atoms with van der Waals surface area (Å²) in [6, 6.07) is 5.39. The zero-order valence-corrected chi connectivity index (χ0v) is 20.9. The highest BCUT2D eigenvalue weighted by Gasteiger charge is 2.28. The van der Waals surface area contributed by atoms with Crippen LogP contribution < -0.4 is 10.1 Å². The Hall–Kier alpha value is -1.93. The van der Waals surface area contributed by atoms with E-state index in [0.29, 0.717) is 50.9 Å². The van der Waals surface area contributed by atoms with Gasteiger partial charge in [0.05, 0.1) is 12.3 Å². The number of hydrogen-bond acceptors (Lipinski definition) is 7. The Morgan fingerprint density at radius 1 is 1.26 bits per heavy atom. The van der Waals surface area contributed by atoms with Crippen LogP contribution in [-0.4, -0.2) is 73.6 Å². The molecular formula is C19H29IN6O4S. The van der Waals surface area contributed by atoms with Crippen molar-refractivity contribution in [2.45, 2.75) is 25.6 Å². The Bertz CT molecular complexity index is 913. The Balaban J connectivity index is 0.00000341. The van der Waals surface area contributed by atoms with Crippen molar-refractivity contribution in [2.75, 3.05) is 39.8 Å². The van der Waals surface area contributed by atoms with Gasteiger partial charge in [0.1, 0.15) is 12.0 Å². The molecule has 1 aliphatic heterocycles. The van der Waals surface area contributed by atoms with E-state index in [4.69, 9.17) is 9.26 Å². The first-order valence-corrected chi connectivity index (χ1v) is 11.5. The fourth-order valence-corrected chi connectivity index (χ4v) is 4.51. The molecule has 1 aliphatic rings. The van der Waals surface area contributed by atoms with Crippen LogP contribution in [0.1, 0.15) is 24.6 Å². The number of sulfonamides is 1. The third-order valence-corrected chi connectivity index (χ3v) is 6.48. The van der Waals surface area contributed by atoms with Crippen LogP contribution in [0.3, 0.4) is 0 Å². The number of nitrogens with one attached hydrogen (secondary N) is 1. The number of hydrogen-bond donors (Lipinski definition) is 1. The quantitative estimate of drug-likeness (QED) is 0.293.